The van der Waals surface area contributed by atoms with E-state index in [1.54, 1.807) is 4.68 Å². The van der Waals surface area contributed by atoms with Crippen LogP contribution in [0.1, 0.15) is 38.4 Å². The van der Waals surface area contributed by atoms with E-state index in [1.165, 1.54) is 0 Å². The topological polar surface area (TPSA) is 38.0 Å². The molecule has 1 rings (SSSR count). The van der Waals surface area contributed by atoms with Crippen molar-refractivity contribution in [2.45, 2.75) is 47.1 Å². The third-order valence-electron chi connectivity index (χ3n) is 2.29. The lowest BCUT2D eigenvalue weighted by molar-refractivity contribution is 0.394. The Balaban J connectivity index is 2.90. The Morgan fingerprint density at radius 2 is 2.07 bits per heavy atom. The molecule has 0 bridgehead atoms. The van der Waals surface area contributed by atoms with Crippen molar-refractivity contribution >= 4 is 0 Å². The molecule has 0 spiro atoms. The molecule has 0 saturated carbocycles. The van der Waals surface area contributed by atoms with Crippen LogP contribution >= 0.6 is 0 Å². The fourth-order valence-corrected chi connectivity index (χ4v) is 1.54. The second-order valence-corrected chi connectivity index (χ2v) is 4.22. The van der Waals surface area contributed by atoms with E-state index in [2.05, 4.69) is 25.9 Å². The summed E-state index contributed by atoms with van der Waals surface area (Å²) in [6, 6.07) is 0. The molecule has 0 amide bonds. The van der Waals surface area contributed by atoms with Gasteiger partial charge in [-0.05, 0) is 25.7 Å². The SMILES string of the molecule is CCCn1nc(CC(C)C)c(C)c1O. The highest BCUT2D eigenvalue weighted by Gasteiger charge is 2.13. The standard InChI is InChI=1S/C11H20N2O/c1-5-6-13-11(14)9(4)10(12-13)7-8(2)3/h8,14H,5-7H2,1-4H3. The highest BCUT2D eigenvalue weighted by atomic mass is 16.3. The predicted molar refractivity (Wildman–Crippen MR) is 57.5 cm³/mol. The molecule has 0 radical (unpaired) electrons. The van der Waals surface area contributed by atoms with Crippen molar-refractivity contribution in [2.24, 2.45) is 5.92 Å². The van der Waals surface area contributed by atoms with Gasteiger partial charge in [-0.15, -0.1) is 0 Å². The van der Waals surface area contributed by atoms with E-state index in [1.807, 2.05) is 6.92 Å². The van der Waals surface area contributed by atoms with Crippen molar-refractivity contribution < 1.29 is 5.11 Å². The molecule has 0 unspecified atom stereocenters. The maximum atomic E-state index is 9.76. The fourth-order valence-electron chi connectivity index (χ4n) is 1.54. The van der Waals surface area contributed by atoms with Crippen LogP contribution in [0.25, 0.3) is 0 Å². The summed E-state index contributed by atoms with van der Waals surface area (Å²) in [4.78, 5) is 0. The first-order chi connectivity index (χ1) is 6.56. The highest BCUT2D eigenvalue weighted by Crippen LogP contribution is 2.22. The summed E-state index contributed by atoms with van der Waals surface area (Å²) in [6.45, 7) is 9.14. The molecule has 0 saturated heterocycles. The van der Waals surface area contributed by atoms with Crippen LogP contribution in [0.4, 0.5) is 0 Å². The van der Waals surface area contributed by atoms with E-state index in [9.17, 15) is 5.11 Å². The van der Waals surface area contributed by atoms with Gasteiger partial charge in [-0.25, -0.2) is 4.68 Å². The molecule has 1 N–H and O–H groups in total. The molecular formula is C11H20N2O. The van der Waals surface area contributed by atoms with Crippen molar-refractivity contribution in [3.8, 4) is 5.88 Å². The predicted octanol–water partition coefficient (Wildman–Crippen LogP) is 2.51. The highest BCUT2D eigenvalue weighted by molar-refractivity contribution is 5.29. The Kier molecular flexibility index (Phi) is 3.55. The lowest BCUT2D eigenvalue weighted by Gasteiger charge is -2.00. The van der Waals surface area contributed by atoms with Gasteiger partial charge >= 0.3 is 0 Å². The van der Waals surface area contributed by atoms with Gasteiger partial charge in [-0.1, -0.05) is 20.8 Å². The molecule has 0 aliphatic carbocycles. The van der Waals surface area contributed by atoms with E-state index >= 15 is 0 Å². The monoisotopic (exact) mass is 196 g/mol. The molecule has 14 heavy (non-hydrogen) atoms. The molecule has 0 atom stereocenters. The summed E-state index contributed by atoms with van der Waals surface area (Å²) in [6.07, 6.45) is 1.94. The van der Waals surface area contributed by atoms with Crippen LogP contribution in [0.3, 0.4) is 0 Å². The van der Waals surface area contributed by atoms with Gasteiger partial charge in [0.05, 0.1) is 5.69 Å². The molecule has 1 heterocycles. The lowest BCUT2D eigenvalue weighted by atomic mass is 10.1. The number of aryl methyl sites for hydroxylation is 1. The van der Waals surface area contributed by atoms with Crippen LogP contribution in [-0.4, -0.2) is 14.9 Å². The van der Waals surface area contributed by atoms with Crippen molar-refractivity contribution in [2.75, 3.05) is 0 Å². The van der Waals surface area contributed by atoms with E-state index < -0.39 is 0 Å². The van der Waals surface area contributed by atoms with Gasteiger partial charge in [-0.2, -0.15) is 5.10 Å². The number of aromatic nitrogens is 2. The van der Waals surface area contributed by atoms with Gasteiger partial charge in [0, 0.05) is 12.1 Å². The fraction of sp³-hybridized carbons (Fsp3) is 0.727. The van der Waals surface area contributed by atoms with Crippen LogP contribution in [-0.2, 0) is 13.0 Å². The van der Waals surface area contributed by atoms with Gasteiger partial charge in [0.15, 0.2) is 0 Å². The van der Waals surface area contributed by atoms with Gasteiger partial charge < -0.3 is 5.11 Å². The molecule has 1 aromatic rings. The van der Waals surface area contributed by atoms with Crippen molar-refractivity contribution in [1.82, 2.24) is 9.78 Å². The largest absolute Gasteiger partial charge is 0.493 e. The van der Waals surface area contributed by atoms with Crippen LogP contribution < -0.4 is 0 Å². The second kappa shape index (κ2) is 4.49. The third kappa shape index (κ3) is 2.28. The maximum Gasteiger partial charge on any atom is 0.212 e. The minimum Gasteiger partial charge on any atom is -0.493 e. The van der Waals surface area contributed by atoms with E-state index in [0.29, 0.717) is 11.8 Å². The summed E-state index contributed by atoms with van der Waals surface area (Å²) in [5, 5.41) is 14.2. The molecule has 1 aromatic heterocycles. The Morgan fingerprint density at radius 3 is 2.57 bits per heavy atom. The van der Waals surface area contributed by atoms with E-state index in [0.717, 1.165) is 30.6 Å². The zero-order valence-electron chi connectivity index (χ0n) is 9.54. The Bertz CT molecular complexity index is 302. The summed E-state index contributed by atoms with van der Waals surface area (Å²) in [5.41, 5.74) is 1.97. The zero-order valence-corrected chi connectivity index (χ0v) is 9.54. The quantitative estimate of drug-likeness (QED) is 0.803. The minimum absolute atomic E-state index is 0.336. The van der Waals surface area contributed by atoms with Gasteiger partial charge in [-0.3, -0.25) is 0 Å². The summed E-state index contributed by atoms with van der Waals surface area (Å²) in [5.74, 6) is 0.917. The van der Waals surface area contributed by atoms with Crippen molar-refractivity contribution in [1.29, 1.82) is 0 Å². The van der Waals surface area contributed by atoms with Crippen LogP contribution in [0, 0.1) is 12.8 Å². The maximum absolute atomic E-state index is 9.76. The molecular weight excluding hydrogens is 176 g/mol. The normalized spacial score (nSPS) is 11.2. The zero-order chi connectivity index (χ0) is 10.7. The van der Waals surface area contributed by atoms with Crippen LogP contribution in [0.15, 0.2) is 0 Å². The molecule has 3 heteroatoms. The molecule has 0 aliphatic rings. The first-order valence-electron chi connectivity index (χ1n) is 5.31. The first kappa shape index (κ1) is 11.1. The van der Waals surface area contributed by atoms with Gasteiger partial charge in [0.1, 0.15) is 0 Å². The van der Waals surface area contributed by atoms with Gasteiger partial charge in [0.25, 0.3) is 0 Å². The number of aromatic hydroxyl groups is 1. The molecule has 0 aliphatic heterocycles. The van der Waals surface area contributed by atoms with Crippen LogP contribution in [0.5, 0.6) is 5.88 Å². The first-order valence-corrected chi connectivity index (χ1v) is 5.31. The number of hydrogen-bond donors (Lipinski definition) is 1. The summed E-state index contributed by atoms with van der Waals surface area (Å²) in [7, 11) is 0. The number of rotatable bonds is 4. The number of hydrogen-bond acceptors (Lipinski definition) is 2. The third-order valence-corrected chi connectivity index (χ3v) is 2.29. The molecule has 0 aromatic carbocycles. The van der Waals surface area contributed by atoms with Crippen LogP contribution in [0.2, 0.25) is 0 Å². The average Bonchev–Trinajstić information content (AvgIpc) is 2.34. The van der Waals surface area contributed by atoms with E-state index in [-0.39, 0.29) is 0 Å². The summed E-state index contributed by atoms with van der Waals surface area (Å²) >= 11 is 0. The second-order valence-electron chi connectivity index (χ2n) is 4.22. The smallest absolute Gasteiger partial charge is 0.212 e. The Morgan fingerprint density at radius 1 is 1.43 bits per heavy atom. The minimum atomic E-state index is 0.336. The molecule has 0 fully saturated rings. The van der Waals surface area contributed by atoms with Crippen molar-refractivity contribution in [3.05, 3.63) is 11.3 Å². The van der Waals surface area contributed by atoms with Crippen molar-refractivity contribution in [3.63, 3.8) is 0 Å². The summed E-state index contributed by atoms with van der Waals surface area (Å²) < 4.78 is 1.70. The molecule has 3 nitrogen and oxygen atoms in total. The Labute approximate surface area is 85.8 Å². The Hall–Kier alpha value is -0.990. The average molecular weight is 196 g/mol. The lowest BCUT2D eigenvalue weighted by Crippen LogP contribution is -2.01. The molecule has 80 valence electrons. The number of nitrogens with zero attached hydrogens (tertiary/aromatic N) is 2. The van der Waals surface area contributed by atoms with Gasteiger partial charge in [0.2, 0.25) is 5.88 Å². The van der Waals surface area contributed by atoms with E-state index in [4.69, 9.17) is 0 Å².